The van der Waals surface area contributed by atoms with Gasteiger partial charge in [0.15, 0.2) is 0 Å². The summed E-state index contributed by atoms with van der Waals surface area (Å²) in [5.74, 6) is -0.863. The van der Waals surface area contributed by atoms with Crippen LogP contribution >= 0.6 is 11.3 Å². The zero-order valence-corrected chi connectivity index (χ0v) is 16.9. The number of aliphatic carboxylic acids is 1. The second-order valence-electron chi connectivity index (χ2n) is 7.51. The molecule has 1 aliphatic rings. The van der Waals surface area contributed by atoms with Gasteiger partial charge in [0.05, 0.1) is 12.0 Å². The first-order chi connectivity index (χ1) is 13.6. The Bertz CT molecular complexity index is 925. The number of nitrogens with zero attached hydrogens (tertiary/aromatic N) is 1. The van der Waals surface area contributed by atoms with Crippen molar-refractivity contribution in [1.29, 1.82) is 0 Å². The average molecular weight is 392 g/mol. The predicted octanol–water partition coefficient (Wildman–Crippen LogP) is 5.61. The van der Waals surface area contributed by atoms with E-state index in [0.29, 0.717) is 0 Å². The quantitative estimate of drug-likeness (QED) is 0.614. The Balaban J connectivity index is 1.63. The smallest absolute Gasteiger partial charge is 0.306 e. The monoisotopic (exact) mass is 391 g/mol. The molecule has 0 radical (unpaired) electrons. The van der Waals surface area contributed by atoms with Crippen LogP contribution in [0.2, 0.25) is 0 Å². The van der Waals surface area contributed by atoms with Crippen LogP contribution in [0.4, 0.5) is 0 Å². The number of carbonyl (C=O) groups is 1. The largest absolute Gasteiger partial charge is 0.481 e. The maximum absolute atomic E-state index is 11.3. The number of aryl methyl sites for hydroxylation is 1. The van der Waals surface area contributed by atoms with Gasteiger partial charge < -0.3 is 5.11 Å². The molecule has 1 unspecified atom stereocenters. The van der Waals surface area contributed by atoms with E-state index in [1.54, 1.807) is 11.3 Å². The second-order valence-corrected chi connectivity index (χ2v) is 8.45. The molecule has 0 amide bonds. The molecule has 1 fully saturated rings. The molecule has 3 nitrogen and oxygen atoms in total. The Morgan fingerprint density at radius 3 is 2.21 bits per heavy atom. The fourth-order valence-electron chi connectivity index (χ4n) is 4.09. The summed E-state index contributed by atoms with van der Waals surface area (Å²) in [6.45, 7) is 3.81. The summed E-state index contributed by atoms with van der Waals surface area (Å²) in [6, 6.07) is 21.7. The van der Waals surface area contributed by atoms with E-state index in [4.69, 9.17) is 0 Å². The standard InChI is InChI=1S/C24H25NO2S/c1-17-13-16-28-23(17)22(25-14-11-21(12-15-25)24(26)27)20-9-7-19(8-10-20)18-5-3-2-4-6-18/h2-10,13,16,21-22H,11-12,14-15H2,1H3,(H,26,27). The van der Waals surface area contributed by atoms with E-state index in [1.165, 1.54) is 27.1 Å². The summed E-state index contributed by atoms with van der Waals surface area (Å²) in [5, 5.41) is 11.5. The molecule has 4 heteroatoms. The Hall–Kier alpha value is -2.43. The molecule has 2 heterocycles. The molecule has 1 saturated heterocycles. The molecule has 1 aromatic heterocycles. The highest BCUT2D eigenvalue weighted by Gasteiger charge is 2.31. The fraction of sp³-hybridized carbons (Fsp3) is 0.292. The van der Waals surface area contributed by atoms with Gasteiger partial charge in [-0.2, -0.15) is 0 Å². The molecule has 1 aliphatic heterocycles. The number of carboxylic acids is 1. The van der Waals surface area contributed by atoms with Crippen molar-refractivity contribution < 1.29 is 9.90 Å². The zero-order valence-electron chi connectivity index (χ0n) is 16.0. The van der Waals surface area contributed by atoms with Crippen LogP contribution in [0.1, 0.15) is 34.9 Å². The summed E-state index contributed by atoms with van der Waals surface area (Å²) in [5.41, 5.74) is 5.03. The van der Waals surface area contributed by atoms with Crippen LogP contribution in [0, 0.1) is 12.8 Å². The van der Waals surface area contributed by atoms with E-state index in [-0.39, 0.29) is 12.0 Å². The normalized spacial score (nSPS) is 16.8. The highest BCUT2D eigenvalue weighted by Crippen LogP contribution is 2.37. The molecule has 144 valence electrons. The van der Waals surface area contributed by atoms with Crippen molar-refractivity contribution in [3.05, 3.63) is 82.0 Å². The third-order valence-corrected chi connectivity index (χ3v) is 6.80. The molecular weight excluding hydrogens is 366 g/mol. The number of piperidine rings is 1. The van der Waals surface area contributed by atoms with Crippen LogP contribution in [-0.2, 0) is 4.79 Å². The molecule has 0 aliphatic carbocycles. The first-order valence-corrected chi connectivity index (χ1v) is 10.7. The Morgan fingerprint density at radius 1 is 1.00 bits per heavy atom. The maximum atomic E-state index is 11.3. The van der Waals surface area contributed by atoms with E-state index >= 15 is 0 Å². The second kappa shape index (κ2) is 8.29. The van der Waals surface area contributed by atoms with Crippen LogP contribution in [0.25, 0.3) is 11.1 Å². The third kappa shape index (κ3) is 3.89. The number of carboxylic acid groups (broad SMARTS) is 1. The highest BCUT2D eigenvalue weighted by molar-refractivity contribution is 7.10. The average Bonchev–Trinajstić information content (AvgIpc) is 3.15. The van der Waals surface area contributed by atoms with E-state index in [0.717, 1.165) is 25.9 Å². The predicted molar refractivity (Wildman–Crippen MR) is 115 cm³/mol. The van der Waals surface area contributed by atoms with Gasteiger partial charge in [-0.1, -0.05) is 54.6 Å². The SMILES string of the molecule is Cc1ccsc1C(c1ccc(-c2ccccc2)cc1)N1CCC(C(=O)O)CC1. The molecule has 2 aromatic carbocycles. The minimum atomic E-state index is -0.657. The summed E-state index contributed by atoms with van der Waals surface area (Å²) in [7, 11) is 0. The van der Waals surface area contributed by atoms with E-state index in [2.05, 4.69) is 71.8 Å². The summed E-state index contributed by atoms with van der Waals surface area (Å²) in [4.78, 5) is 15.2. The van der Waals surface area contributed by atoms with Gasteiger partial charge in [0.2, 0.25) is 0 Å². The van der Waals surface area contributed by atoms with E-state index in [9.17, 15) is 9.90 Å². The zero-order chi connectivity index (χ0) is 19.5. The van der Waals surface area contributed by atoms with Gasteiger partial charge in [-0.05, 0) is 66.6 Å². The van der Waals surface area contributed by atoms with Crippen LogP contribution in [-0.4, -0.2) is 29.1 Å². The van der Waals surface area contributed by atoms with Gasteiger partial charge in [0.1, 0.15) is 0 Å². The van der Waals surface area contributed by atoms with Crippen molar-refractivity contribution in [2.24, 2.45) is 5.92 Å². The molecule has 1 N–H and O–H groups in total. The van der Waals surface area contributed by atoms with Crippen LogP contribution in [0.15, 0.2) is 66.0 Å². The number of hydrogen-bond donors (Lipinski definition) is 1. The third-order valence-electron chi connectivity index (χ3n) is 5.73. The van der Waals surface area contributed by atoms with Gasteiger partial charge in [-0.3, -0.25) is 9.69 Å². The minimum absolute atomic E-state index is 0.194. The van der Waals surface area contributed by atoms with Gasteiger partial charge in [0, 0.05) is 4.88 Å². The highest BCUT2D eigenvalue weighted by atomic mass is 32.1. The van der Waals surface area contributed by atoms with Gasteiger partial charge >= 0.3 is 5.97 Å². The number of likely N-dealkylation sites (tertiary alicyclic amines) is 1. The summed E-state index contributed by atoms with van der Waals surface area (Å²) in [6.07, 6.45) is 1.44. The Morgan fingerprint density at radius 2 is 1.64 bits per heavy atom. The lowest BCUT2D eigenvalue weighted by atomic mass is 9.92. The molecule has 3 aromatic rings. The summed E-state index contributed by atoms with van der Waals surface area (Å²) < 4.78 is 0. The molecule has 0 saturated carbocycles. The first kappa shape index (κ1) is 18.9. The molecule has 4 rings (SSSR count). The number of rotatable bonds is 5. The topological polar surface area (TPSA) is 40.5 Å². The molecule has 1 atom stereocenters. The van der Waals surface area contributed by atoms with Gasteiger partial charge in [-0.15, -0.1) is 11.3 Å². The van der Waals surface area contributed by atoms with Crippen molar-refractivity contribution in [1.82, 2.24) is 4.90 Å². The number of hydrogen-bond acceptors (Lipinski definition) is 3. The summed E-state index contributed by atoms with van der Waals surface area (Å²) >= 11 is 1.80. The Labute approximate surface area is 170 Å². The fourth-order valence-corrected chi connectivity index (χ4v) is 5.17. The van der Waals surface area contributed by atoms with Crippen molar-refractivity contribution in [3.8, 4) is 11.1 Å². The van der Waals surface area contributed by atoms with Crippen LogP contribution in [0.3, 0.4) is 0 Å². The van der Waals surface area contributed by atoms with Crippen LogP contribution in [0.5, 0.6) is 0 Å². The van der Waals surface area contributed by atoms with Crippen molar-refractivity contribution in [3.63, 3.8) is 0 Å². The minimum Gasteiger partial charge on any atom is -0.481 e. The number of benzene rings is 2. The molecule has 0 spiro atoms. The Kier molecular flexibility index (Phi) is 5.60. The first-order valence-electron chi connectivity index (χ1n) is 9.79. The molecule has 28 heavy (non-hydrogen) atoms. The lowest BCUT2D eigenvalue weighted by Crippen LogP contribution is -2.39. The van der Waals surface area contributed by atoms with Gasteiger partial charge in [-0.25, -0.2) is 0 Å². The molecular formula is C24H25NO2S. The lowest BCUT2D eigenvalue weighted by molar-refractivity contribution is -0.143. The van der Waals surface area contributed by atoms with Gasteiger partial charge in [0.25, 0.3) is 0 Å². The van der Waals surface area contributed by atoms with E-state index < -0.39 is 5.97 Å². The van der Waals surface area contributed by atoms with Crippen molar-refractivity contribution in [2.45, 2.75) is 25.8 Å². The maximum Gasteiger partial charge on any atom is 0.306 e. The lowest BCUT2D eigenvalue weighted by Gasteiger charge is -2.37. The number of thiophene rings is 1. The molecule has 0 bridgehead atoms. The van der Waals surface area contributed by atoms with Crippen molar-refractivity contribution in [2.75, 3.05) is 13.1 Å². The van der Waals surface area contributed by atoms with Crippen molar-refractivity contribution >= 4 is 17.3 Å². The van der Waals surface area contributed by atoms with E-state index in [1.807, 2.05) is 6.07 Å². The van der Waals surface area contributed by atoms with Crippen LogP contribution < -0.4 is 0 Å².